The van der Waals surface area contributed by atoms with E-state index in [0.29, 0.717) is 10.9 Å². The molecule has 124 valence electrons. The Balaban J connectivity index is 2.20. The molecule has 1 aromatic carbocycles. The zero-order valence-corrected chi connectivity index (χ0v) is 15.1. The van der Waals surface area contributed by atoms with Gasteiger partial charge in [0, 0.05) is 18.0 Å². The highest BCUT2D eigenvalue weighted by Crippen LogP contribution is 2.42. The second kappa shape index (κ2) is 5.21. The minimum atomic E-state index is -0.208. The van der Waals surface area contributed by atoms with Crippen LogP contribution in [0.3, 0.4) is 0 Å². The van der Waals surface area contributed by atoms with Gasteiger partial charge >= 0.3 is 0 Å². The normalized spacial score (nSPS) is 19.3. The van der Waals surface area contributed by atoms with Gasteiger partial charge < -0.3 is 0 Å². The predicted molar refractivity (Wildman–Crippen MR) is 96.8 cm³/mol. The molecule has 0 bridgehead atoms. The second-order valence-electron chi connectivity index (χ2n) is 6.63. The molecule has 0 N–H and O–H groups in total. The van der Waals surface area contributed by atoms with Crippen LogP contribution < -0.4 is 5.56 Å². The van der Waals surface area contributed by atoms with E-state index in [4.69, 9.17) is 4.98 Å². The molecular formula is C18H20N4OS. The quantitative estimate of drug-likeness (QED) is 0.673. The summed E-state index contributed by atoms with van der Waals surface area (Å²) in [5.41, 5.74) is 3.79. The molecule has 0 radical (unpaired) electrons. The first-order valence-corrected chi connectivity index (χ1v) is 9.35. The van der Waals surface area contributed by atoms with Crippen LogP contribution in [0.2, 0.25) is 0 Å². The molecule has 2 heterocycles. The molecule has 0 aliphatic heterocycles. The molecule has 6 heteroatoms. The Bertz CT molecular complexity index is 1020. The highest BCUT2D eigenvalue weighted by Gasteiger charge is 2.38. The minimum Gasteiger partial charge on any atom is -0.268 e. The molecule has 24 heavy (non-hydrogen) atoms. The number of aryl methyl sites for hydroxylation is 1. The summed E-state index contributed by atoms with van der Waals surface area (Å²) in [4.78, 5) is 18.3. The van der Waals surface area contributed by atoms with E-state index in [1.807, 2.05) is 19.4 Å². The number of rotatable bonds is 2. The van der Waals surface area contributed by atoms with Gasteiger partial charge in [-0.3, -0.25) is 4.79 Å². The van der Waals surface area contributed by atoms with Gasteiger partial charge in [-0.1, -0.05) is 49.9 Å². The van der Waals surface area contributed by atoms with E-state index in [9.17, 15) is 4.79 Å². The van der Waals surface area contributed by atoms with Crippen molar-refractivity contribution in [2.24, 2.45) is 7.05 Å². The van der Waals surface area contributed by atoms with Gasteiger partial charge in [0.1, 0.15) is 0 Å². The van der Waals surface area contributed by atoms with Crippen LogP contribution in [0.1, 0.15) is 31.4 Å². The number of hydrogen-bond donors (Lipinski definition) is 0. The molecule has 0 unspecified atom stereocenters. The number of benzene rings is 1. The van der Waals surface area contributed by atoms with Gasteiger partial charge in [0.15, 0.2) is 5.16 Å². The third-order valence-electron chi connectivity index (χ3n) is 5.20. The molecule has 1 aliphatic rings. The Hall–Kier alpha value is -2.08. The number of nitrogens with zero attached hydrogens (tertiary/aromatic N) is 4. The lowest BCUT2D eigenvalue weighted by Gasteiger charge is -2.34. The molecule has 0 amide bonds. The van der Waals surface area contributed by atoms with E-state index >= 15 is 0 Å². The smallest absolute Gasteiger partial charge is 0.265 e. The van der Waals surface area contributed by atoms with Gasteiger partial charge in [0.05, 0.1) is 11.3 Å². The molecule has 0 saturated heterocycles. The van der Waals surface area contributed by atoms with E-state index in [0.717, 1.165) is 29.7 Å². The summed E-state index contributed by atoms with van der Waals surface area (Å²) in [6.07, 6.45) is 3.69. The molecular weight excluding hydrogens is 320 g/mol. The molecule has 1 aliphatic carbocycles. The molecule has 0 saturated carbocycles. The summed E-state index contributed by atoms with van der Waals surface area (Å²) < 4.78 is 3.35. The summed E-state index contributed by atoms with van der Waals surface area (Å²) >= 11 is 1.47. The first kappa shape index (κ1) is 15.4. The van der Waals surface area contributed by atoms with Crippen LogP contribution >= 0.6 is 11.8 Å². The molecule has 5 nitrogen and oxygen atoms in total. The van der Waals surface area contributed by atoms with Crippen molar-refractivity contribution in [3.63, 3.8) is 0 Å². The van der Waals surface area contributed by atoms with Crippen LogP contribution in [0, 0.1) is 0 Å². The van der Waals surface area contributed by atoms with Crippen molar-refractivity contribution in [1.82, 2.24) is 19.2 Å². The maximum absolute atomic E-state index is 13.4. The molecule has 1 atom stereocenters. The zero-order valence-electron chi connectivity index (χ0n) is 14.3. The van der Waals surface area contributed by atoms with Crippen LogP contribution in [0.15, 0.2) is 34.2 Å². The summed E-state index contributed by atoms with van der Waals surface area (Å²) in [5, 5.41) is 5.14. The highest BCUT2D eigenvalue weighted by atomic mass is 32.2. The largest absolute Gasteiger partial charge is 0.268 e. The standard InChI is InChI=1S/C18H20N4OS/c1-5-18(2)10-11-8-6-7-9-12(11)14-13(18)15(23)22-16(19-14)21(3)20-17(22)24-4/h6-9H,5,10H2,1-4H3/t18-/m1/s1. The van der Waals surface area contributed by atoms with Crippen molar-refractivity contribution in [2.45, 2.75) is 37.3 Å². The highest BCUT2D eigenvalue weighted by molar-refractivity contribution is 7.98. The molecule has 0 spiro atoms. The van der Waals surface area contributed by atoms with Crippen LogP contribution in [-0.2, 0) is 18.9 Å². The van der Waals surface area contributed by atoms with Crippen LogP contribution in [0.5, 0.6) is 0 Å². The maximum atomic E-state index is 13.4. The monoisotopic (exact) mass is 340 g/mol. The van der Waals surface area contributed by atoms with E-state index in [-0.39, 0.29) is 11.0 Å². The van der Waals surface area contributed by atoms with Crippen LogP contribution in [0.4, 0.5) is 0 Å². The third-order valence-corrected chi connectivity index (χ3v) is 5.83. The fourth-order valence-corrected chi connectivity index (χ4v) is 4.26. The van der Waals surface area contributed by atoms with Gasteiger partial charge in [-0.2, -0.15) is 0 Å². The van der Waals surface area contributed by atoms with Crippen LogP contribution in [-0.4, -0.2) is 25.4 Å². The number of hydrogen-bond acceptors (Lipinski definition) is 4. The van der Waals surface area contributed by atoms with Crippen molar-refractivity contribution >= 4 is 17.5 Å². The Kier molecular flexibility index (Phi) is 3.35. The average Bonchev–Trinajstić information content (AvgIpc) is 2.91. The summed E-state index contributed by atoms with van der Waals surface area (Å²) in [5.74, 6) is 0.596. The lowest BCUT2D eigenvalue weighted by molar-refractivity contribution is 0.439. The minimum absolute atomic E-state index is 0.0197. The number of thioether (sulfide) groups is 1. The Morgan fingerprint density at radius 3 is 2.79 bits per heavy atom. The fourth-order valence-electron chi connectivity index (χ4n) is 3.70. The van der Waals surface area contributed by atoms with Crippen molar-refractivity contribution in [3.05, 3.63) is 45.7 Å². The van der Waals surface area contributed by atoms with Crippen molar-refractivity contribution < 1.29 is 0 Å². The third kappa shape index (κ3) is 1.92. The van der Waals surface area contributed by atoms with Crippen molar-refractivity contribution in [2.75, 3.05) is 6.26 Å². The summed E-state index contributed by atoms with van der Waals surface area (Å²) in [6.45, 7) is 4.32. The van der Waals surface area contributed by atoms with Gasteiger partial charge in [0.2, 0.25) is 5.78 Å². The lowest BCUT2D eigenvalue weighted by atomic mass is 9.69. The van der Waals surface area contributed by atoms with Crippen LogP contribution in [0.25, 0.3) is 17.0 Å². The van der Waals surface area contributed by atoms with Crippen molar-refractivity contribution in [1.29, 1.82) is 0 Å². The predicted octanol–water partition coefficient (Wildman–Crippen LogP) is 3.04. The van der Waals surface area contributed by atoms with E-state index in [1.54, 1.807) is 9.08 Å². The lowest BCUT2D eigenvalue weighted by Crippen LogP contribution is -2.37. The molecule has 2 aromatic heterocycles. The van der Waals surface area contributed by atoms with Gasteiger partial charge in [0.25, 0.3) is 5.56 Å². The zero-order chi connectivity index (χ0) is 17.1. The first-order valence-electron chi connectivity index (χ1n) is 8.12. The Labute approximate surface area is 144 Å². The molecule has 4 rings (SSSR count). The molecule has 3 aromatic rings. The van der Waals surface area contributed by atoms with Crippen molar-refractivity contribution in [3.8, 4) is 11.3 Å². The SMILES string of the molecule is CC[C@]1(C)Cc2ccccc2-c2nc3n(C)nc(SC)n3c(=O)c21. The van der Waals surface area contributed by atoms with Gasteiger partial charge in [-0.05, 0) is 24.7 Å². The Morgan fingerprint density at radius 1 is 1.33 bits per heavy atom. The summed E-state index contributed by atoms with van der Waals surface area (Å²) in [6, 6.07) is 8.28. The maximum Gasteiger partial charge on any atom is 0.265 e. The number of fused-ring (bicyclic) bond motifs is 4. The van der Waals surface area contributed by atoms with E-state index in [1.165, 1.54) is 17.3 Å². The van der Waals surface area contributed by atoms with Gasteiger partial charge in [-0.25, -0.2) is 14.1 Å². The van der Waals surface area contributed by atoms with Gasteiger partial charge in [-0.15, -0.1) is 5.10 Å². The summed E-state index contributed by atoms with van der Waals surface area (Å²) in [7, 11) is 1.83. The average molecular weight is 340 g/mol. The molecule has 0 fully saturated rings. The second-order valence-corrected chi connectivity index (χ2v) is 7.41. The first-order chi connectivity index (χ1) is 11.5. The number of aromatic nitrogens is 4. The topological polar surface area (TPSA) is 52.2 Å². The Morgan fingerprint density at radius 2 is 2.08 bits per heavy atom. The fraction of sp³-hybridized carbons (Fsp3) is 0.389. The van der Waals surface area contributed by atoms with E-state index < -0.39 is 0 Å². The van der Waals surface area contributed by atoms with E-state index in [2.05, 4.69) is 37.1 Å².